The number of aromatic nitrogens is 4. The van der Waals surface area contributed by atoms with Gasteiger partial charge in [0, 0.05) is 42.8 Å². The van der Waals surface area contributed by atoms with Crippen molar-refractivity contribution in [2.75, 3.05) is 5.32 Å². The van der Waals surface area contributed by atoms with Gasteiger partial charge in [-0.15, -0.1) is 0 Å². The van der Waals surface area contributed by atoms with E-state index in [0.29, 0.717) is 16.5 Å². The zero-order chi connectivity index (χ0) is 22.5. The van der Waals surface area contributed by atoms with E-state index in [1.165, 1.54) is 12.1 Å². The lowest BCUT2D eigenvalue weighted by molar-refractivity contribution is -0.120. The number of carbonyl (C=O) groups excluding carboxylic acids is 1. The van der Waals surface area contributed by atoms with Gasteiger partial charge in [-0.3, -0.25) is 9.48 Å². The number of carbonyl (C=O) groups is 1. The first-order chi connectivity index (χ1) is 15.5. The summed E-state index contributed by atoms with van der Waals surface area (Å²) in [5.74, 6) is -0.0708. The Hall–Kier alpha value is -3.78. The van der Waals surface area contributed by atoms with Crippen molar-refractivity contribution < 1.29 is 9.18 Å². The number of benzene rings is 2. The van der Waals surface area contributed by atoms with Crippen LogP contribution in [0.3, 0.4) is 0 Å². The first kappa shape index (κ1) is 21.5. The lowest BCUT2D eigenvalue weighted by Crippen LogP contribution is -2.24. The van der Waals surface area contributed by atoms with Gasteiger partial charge in [0.2, 0.25) is 11.9 Å². The van der Waals surface area contributed by atoms with Gasteiger partial charge < -0.3 is 10.6 Å². The minimum Gasteiger partial charge on any atom is -0.352 e. The van der Waals surface area contributed by atoms with Gasteiger partial charge in [0.15, 0.2) is 0 Å². The molecule has 0 atom stereocenters. The van der Waals surface area contributed by atoms with E-state index in [-0.39, 0.29) is 18.9 Å². The molecule has 0 aliphatic rings. The smallest absolute Gasteiger partial charge is 0.227 e. The number of anilines is 2. The van der Waals surface area contributed by atoms with Gasteiger partial charge in [-0.2, -0.15) is 5.10 Å². The molecule has 0 radical (unpaired) electrons. The van der Waals surface area contributed by atoms with Crippen LogP contribution in [0.2, 0.25) is 5.02 Å². The molecular weight excluding hydrogens is 431 g/mol. The molecule has 0 spiro atoms. The molecule has 0 aliphatic carbocycles. The predicted molar refractivity (Wildman–Crippen MR) is 121 cm³/mol. The number of hydrogen-bond donors (Lipinski definition) is 2. The molecule has 0 bridgehead atoms. The van der Waals surface area contributed by atoms with Crippen LogP contribution in [0, 0.1) is 5.82 Å². The summed E-state index contributed by atoms with van der Waals surface area (Å²) in [7, 11) is 1.84. The largest absolute Gasteiger partial charge is 0.352 e. The van der Waals surface area contributed by atoms with Gasteiger partial charge in [0.1, 0.15) is 5.82 Å². The number of hydrogen-bond acceptors (Lipinski definition) is 5. The molecule has 0 aliphatic heterocycles. The molecule has 2 N–H and O–H groups in total. The highest BCUT2D eigenvalue weighted by atomic mass is 35.5. The maximum absolute atomic E-state index is 13.1. The normalized spacial score (nSPS) is 10.7. The number of nitrogens with one attached hydrogen (secondary N) is 2. The second kappa shape index (κ2) is 9.57. The van der Waals surface area contributed by atoms with E-state index in [4.69, 9.17) is 11.6 Å². The maximum Gasteiger partial charge on any atom is 0.227 e. The van der Waals surface area contributed by atoms with Crippen LogP contribution >= 0.6 is 11.6 Å². The van der Waals surface area contributed by atoms with Crippen molar-refractivity contribution >= 4 is 29.1 Å². The molecule has 4 rings (SSSR count). The Morgan fingerprint density at radius 2 is 1.81 bits per heavy atom. The fraction of sp³-hybridized carbons (Fsp3) is 0.130. The average molecular weight is 451 g/mol. The summed E-state index contributed by atoms with van der Waals surface area (Å²) >= 11 is 5.99. The van der Waals surface area contributed by atoms with Crippen LogP contribution < -0.4 is 10.6 Å². The van der Waals surface area contributed by atoms with Crippen LogP contribution in [-0.4, -0.2) is 25.7 Å². The van der Waals surface area contributed by atoms with Crippen molar-refractivity contribution in [2.24, 2.45) is 7.05 Å². The van der Waals surface area contributed by atoms with Crippen LogP contribution in [0.5, 0.6) is 0 Å². The Labute approximate surface area is 189 Å². The lowest BCUT2D eigenvalue weighted by atomic mass is 10.0. The molecule has 162 valence electrons. The van der Waals surface area contributed by atoms with Crippen LogP contribution in [0.1, 0.15) is 11.1 Å². The van der Waals surface area contributed by atoms with E-state index >= 15 is 0 Å². The lowest BCUT2D eigenvalue weighted by Gasteiger charge is -2.08. The van der Waals surface area contributed by atoms with Crippen molar-refractivity contribution in [1.29, 1.82) is 0 Å². The summed E-state index contributed by atoms with van der Waals surface area (Å²) in [5.41, 5.74) is 4.15. The zero-order valence-electron chi connectivity index (χ0n) is 17.2. The standard InChI is InChI=1S/C23H20ClFN6O/c1-31-14-20(13-29-31)30-23-27-11-18(12-28-23)16-4-2-15(3-5-16)8-22(32)26-10-17-6-7-19(25)9-21(17)24/h2-7,9,11-14H,8,10H2,1H3,(H,26,32)(H,27,28,30). The third-order valence-electron chi connectivity index (χ3n) is 4.76. The minimum absolute atomic E-state index is 0.146. The summed E-state index contributed by atoms with van der Waals surface area (Å²) < 4.78 is 14.8. The second-order valence-electron chi connectivity index (χ2n) is 7.21. The first-order valence-corrected chi connectivity index (χ1v) is 10.2. The number of aryl methyl sites for hydroxylation is 1. The van der Waals surface area contributed by atoms with Gasteiger partial charge in [-0.25, -0.2) is 14.4 Å². The summed E-state index contributed by atoms with van der Waals surface area (Å²) in [6.45, 7) is 0.243. The molecule has 4 aromatic rings. The van der Waals surface area contributed by atoms with E-state index in [0.717, 1.165) is 22.4 Å². The van der Waals surface area contributed by atoms with Crippen molar-refractivity contribution in [3.05, 3.63) is 89.2 Å². The molecular formula is C23H20ClFN6O. The molecule has 7 nitrogen and oxygen atoms in total. The highest BCUT2D eigenvalue weighted by molar-refractivity contribution is 6.31. The third kappa shape index (κ3) is 5.47. The summed E-state index contributed by atoms with van der Waals surface area (Å²) in [6.07, 6.45) is 7.23. The van der Waals surface area contributed by atoms with Crippen molar-refractivity contribution in [2.45, 2.75) is 13.0 Å². The summed E-state index contributed by atoms with van der Waals surface area (Å²) in [6, 6.07) is 11.7. The van der Waals surface area contributed by atoms with Gasteiger partial charge in [0.05, 0.1) is 18.3 Å². The van der Waals surface area contributed by atoms with Crippen LogP contribution in [0.25, 0.3) is 11.1 Å². The van der Waals surface area contributed by atoms with Crippen LogP contribution in [0.15, 0.2) is 67.3 Å². The summed E-state index contributed by atoms with van der Waals surface area (Å²) in [4.78, 5) is 20.9. The molecule has 0 saturated carbocycles. The van der Waals surface area contributed by atoms with Gasteiger partial charge >= 0.3 is 0 Å². The fourth-order valence-corrected chi connectivity index (χ4v) is 3.31. The Morgan fingerprint density at radius 1 is 1.06 bits per heavy atom. The fourth-order valence-electron chi connectivity index (χ4n) is 3.08. The van der Waals surface area contributed by atoms with Gasteiger partial charge in [-0.05, 0) is 28.8 Å². The predicted octanol–water partition coefficient (Wildman–Crippen LogP) is 4.27. The number of halogens is 2. The Morgan fingerprint density at radius 3 is 2.47 bits per heavy atom. The van der Waals surface area contributed by atoms with E-state index in [1.54, 1.807) is 29.3 Å². The molecule has 2 aromatic heterocycles. The highest BCUT2D eigenvalue weighted by Gasteiger charge is 2.08. The zero-order valence-corrected chi connectivity index (χ0v) is 18.0. The molecule has 0 unspecified atom stereocenters. The van der Waals surface area contributed by atoms with E-state index in [2.05, 4.69) is 25.7 Å². The van der Waals surface area contributed by atoms with E-state index < -0.39 is 5.82 Å². The number of amides is 1. The maximum atomic E-state index is 13.1. The Balaban J connectivity index is 1.32. The van der Waals surface area contributed by atoms with Crippen molar-refractivity contribution in [3.8, 4) is 11.1 Å². The average Bonchev–Trinajstić information content (AvgIpc) is 3.19. The topological polar surface area (TPSA) is 84.7 Å². The quantitative estimate of drug-likeness (QED) is 0.439. The molecule has 1 amide bonds. The molecule has 0 fully saturated rings. The van der Waals surface area contributed by atoms with Crippen molar-refractivity contribution in [3.63, 3.8) is 0 Å². The molecule has 2 heterocycles. The van der Waals surface area contributed by atoms with Gasteiger partial charge in [0.25, 0.3) is 0 Å². The monoisotopic (exact) mass is 450 g/mol. The Kier molecular flexibility index (Phi) is 6.42. The highest BCUT2D eigenvalue weighted by Crippen LogP contribution is 2.20. The molecule has 9 heteroatoms. The van der Waals surface area contributed by atoms with E-state index in [1.807, 2.05) is 37.5 Å². The van der Waals surface area contributed by atoms with E-state index in [9.17, 15) is 9.18 Å². The van der Waals surface area contributed by atoms with Crippen LogP contribution in [-0.2, 0) is 24.8 Å². The second-order valence-corrected chi connectivity index (χ2v) is 7.62. The summed E-state index contributed by atoms with van der Waals surface area (Å²) in [5, 5.41) is 10.3. The van der Waals surface area contributed by atoms with Gasteiger partial charge in [-0.1, -0.05) is 41.9 Å². The van der Waals surface area contributed by atoms with Crippen molar-refractivity contribution in [1.82, 2.24) is 25.1 Å². The molecule has 0 saturated heterocycles. The first-order valence-electron chi connectivity index (χ1n) is 9.84. The minimum atomic E-state index is -0.407. The number of nitrogens with zero attached hydrogens (tertiary/aromatic N) is 4. The molecule has 32 heavy (non-hydrogen) atoms. The number of rotatable bonds is 7. The van der Waals surface area contributed by atoms with Crippen LogP contribution in [0.4, 0.5) is 16.0 Å². The SMILES string of the molecule is Cn1cc(Nc2ncc(-c3ccc(CC(=O)NCc4ccc(F)cc4Cl)cc3)cn2)cn1. The molecule has 2 aromatic carbocycles. The Bertz CT molecular complexity index is 1220. The third-order valence-corrected chi connectivity index (χ3v) is 5.11.